The van der Waals surface area contributed by atoms with E-state index in [1.165, 1.54) is 18.2 Å². The molecule has 6 rings (SSSR count). The predicted molar refractivity (Wildman–Crippen MR) is 168 cm³/mol. The van der Waals surface area contributed by atoms with Gasteiger partial charge in [0, 0.05) is 21.9 Å². The average Bonchev–Trinajstić information content (AvgIpc) is 3.56. The molecule has 47 heavy (non-hydrogen) atoms. The van der Waals surface area contributed by atoms with Gasteiger partial charge in [0.25, 0.3) is 11.8 Å². The van der Waals surface area contributed by atoms with Crippen LogP contribution in [-0.4, -0.2) is 21.8 Å². The number of halogens is 4. The summed E-state index contributed by atoms with van der Waals surface area (Å²) in [6.45, 7) is 5.09. The smallest absolute Gasteiger partial charge is 0.265 e. The Morgan fingerprint density at radius 3 is 1.49 bits per heavy atom. The summed E-state index contributed by atoms with van der Waals surface area (Å²) in [5.74, 6) is -5.82. The summed E-state index contributed by atoms with van der Waals surface area (Å²) in [5.41, 5.74) is 16.4. The van der Waals surface area contributed by atoms with E-state index in [0.29, 0.717) is 44.4 Å². The Hall–Kier alpha value is -6.40. The van der Waals surface area contributed by atoms with E-state index in [1.54, 1.807) is 45.0 Å². The summed E-state index contributed by atoms with van der Waals surface area (Å²) < 4.78 is 53.8. The van der Waals surface area contributed by atoms with Crippen LogP contribution < -0.4 is 11.5 Å². The molecule has 0 fully saturated rings. The standard InChI is InChI=1S/C18H14FN3O.C17H10F3N3O/c1-9-5-12(3-4-15(9)19)14-7-11(8-20)6-13-10(2)16(18(21)23)22-17(13)14;1-7-10-2-8(6-21)3-11(16(10)23-15(7)17(22)24)9-4-12(18)14(20)13(19)5-9/h3-7,22H,1-2H3,(H2,21,23);2-5,23H,1H3,(H2,22,24). The second kappa shape index (κ2) is 12.2. The quantitative estimate of drug-likeness (QED) is 0.120. The maximum Gasteiger partial charge on any atom is 0.265 e. The van der Waals surface area contributed by atoms with Crippen LogP contribution >= 0.6 is 0 Å². The molecule has 4 aromatic carbocycles. The summed E-state index contributed by atoms with van der Waals surface area (Å²) >= 11 is 0. The van der Waals surface area contributed by atoms with Crippen molar-refractivity contribution >= 4 is 33.6 Å². The van der Waals surface area contributed by atoms with Gasteiger partial charge in [0.05, 0.1) is 34.3 Å². The van der Waals surface area contributed by atoms with Gasteiger partial charge in [-0.1, -0.05) is 6.07 Å². The molecule has 2 aromatic heterocycles. The number of aryl methyl sites for hydroxylation is 3. The molecule has 0 aliphatic heterocycles. The van der Waals surface area contributed by atoms with E-state index in [-0.39, 0.29) is 28.2 Å². The van der Waals surface area contributed by atoms with Gasteiger partial charge in [-0.15, -0.1) is 0 Å². The Morgan fingerprint density at radius 1 is 0.638 bits per heavy atom. The fourth-order valence-corrected chi connectivity index (χ4v) is 5.45. The summed E-state index contributed by atoms with van der Waals surface area (Å²) in [6.07, 6.45) is 0. The fourth-order valence-electron chi connectivity index (χ4n) is 5.45. The molecule has 0 unspecified atom stereocenters. The first-order chi connectivity index (χ1) is 22.2. The van der Waals surface area contributed by atoms with E-state index in [4.69, 9.17) is 16.7 Å². The first-order valence-electron chi connectivity index (χ1n) is 13.9. The molecule has 0 radical (unpaired) electrons. The number of primary amides is 2. The van der Waals surface area contributed by atoms with Crippen molar-refractivity contribution in [3.8, 4) is 34.4 Å². The van der Waals surface area contributed by atoms with Crippen LogP contribution in [0.15, 0.2) is 54.6 Å². The Bertz CT molecular complexity index is 2350. The van der Waals surface area contributed by atoms with Crippen molar-refractivity contribution in [1.29, 1.82) is 10.5 Å². The van der Waals surface area contributed by atoms with E-state index < -0.39 is 29.3 Å². The van der Waals surface area contributed by atoms with Gasteiger partial charge in [-0.05, 0) is 97.1 Å². The van der Waals surface area contributed by atoms with Crippen LogP contribution in [0, 0.1) is 66.7 Å². The molecule has 6 aromatic rings. The Morgan fingerprint density at radius 2 is 1.09 bits per heavy atom. The van der Waals surface area contributed by atoms with Crippen molar-refractivity contribution in [2.24, 2.45) is 11.5 Å². The molecule has 12 heteroatoms. The van der Waals surface area contributed by atoms with Gasteiger partial charge in [0.1, 0.15) is 17.2 Å². The minimum Gasteiger partial charge on any atom is -0.364 e. The molecular formula is C35H24F4N6O2. The lowest BCUT2D eigenvalue weighted by Gasteiger charge is -2.07. The van der Waals surface area contributed by atoms with Gasteiger partial charge in [0.15, 0.2) is 17.5 Å². The Balaban J connectivity index is 0.000000185. The van der Waals surface area contributed by atoms with Crippen LogP contribution in [0.1, 0.15) is 48.8 Å². The second-order valence-corrected chi connectivity index (χ2v) is 10.8. The highest BCUT2D eigenvalue weighted by molar-refractivity contribution is 6.06. The van der Waals surface area contributed by atoms with Crippen molar-refractivity contribution in [2.75, 3.05) is 0 Å². The first-order valence-corrected chi connectivity index (χ1v) is 13.9. The molecule has 0 aliphatic rings. The molecule has 0 aliphatic carbocycles. The van der Waals surface area contributed by atoms with E-state index in [9.17, 15) is 32.4 Å². The predicted octanol–water partition coefficient (Wildman–Crippen LogP) is 7.09. The Kier molecular flexibility index (Phi) is 8.29. The molecule has 2 amide bonds. The molecule has 0 atom stereocenters. The lowest BCUT2D eigenvalue weighted by Crippen LogP contribution is -2.12. The molecular weight excluding hydrogens is 612 g/mol. The topological polar surface area (TPSA) is 165 Å². The number of nitriles is 2. The third-order valence-electron chi connectivity index (χ3n) is 7.85. The van der Waals surface area contributed by atoms with Gasteiger partial charge < -0.3 is 21.4 Å². The van der Waals surface area contributed by atoms with Crippen LogP contribution in [0.5, 0.6) is 0 Å². The SMILES string of the molecule is Cc1c(C(N)=O)[nH]c2c(-c3cc(F)c(F)c(F)c3)cc(C#N)cc12.Cc1cc(-c2cc(C#N)cc3c(C)c(C(N)=O)[nH]c23)ccc1F. The first kappa shape index (κ1) is 32.0. The third-order valence-corrected chi connectivity index (χ3v) is 7.85. The molecule has 0 saturated carbocycles. The maximum absolute atomic E-state index is 13.6. The van der Waals surface area contributed by atoms with Crippen molar-refractivity contribution in [3.05, 3.63) is 117 Å². The maximum atomic E-state index is 13.6. The number of fused-ring (bicyclic) bond motifs is 2. The number of rotatable bonds is 4. The normalized spacial score (nSPS) is 10.7. The number of carbonyl (C=O) groups is 2. The fraction of sp³-hybridized carbons (Fsp3) is 0.0857. The van der Waals surface area contributed by atoms with Gasteiger partial charge in [-0.25, -0.2) is 17.6 Å². The number of amides is 2. The molecule has 8 nitrogen and oxygen atoms in total. The average molecular weight is 637 g/mol. The van der Waals surface area contributed by atoms with Gasteiger partial charge in [-0.3, -0.25) is 9.59 Å². The molecule has 2 heterocycles. The van der Waals surface area contributed by atoms with Gasteiger partial charge >= 0.3 is 0 Å². The molecule has 6 N–H and O–H groups in total. The number of hydrogen-bond acceptors (Lipinski definition) is 4. The van der Waals surface area contributed by atoms with Crippen LogP contribution in [0.25, 0.3) is 44.1 Å². The highest BCUT2D eigenvalue weighted by Crippen LogP contribution is 2.35. The number of carbonyl (C=O) groups excluding carboxylic acids is 2. The summed E-state index contributed by atoms with van der Waals surface area (Å²) in [6, 6.07) is 16.8. The van der Waals surface area contributed by atoms with Crippen molar-refractivity contribution in [3.63, 3.8) is 0 Å². The van der Waals surface area contributed by atoms with Crippen molar-refractivity contribution < 1.29 is 27.2 Å². The molecule has 234 valence electrons. The number of aromatic amines is 2. The number of nitrogens with two attached hydrogens (primary N) is 2. The highest BCUT2D eigenvalue weighted by Gasteiger charge is 2.20. The number of hydrogen-bond donors (Lipinski definition) is 4. The number of aromatic nitrogens is 2. The van der Waals surface area contributed by atoms with Crippen molar-refractivity contribution in [1.82, 2.24) is 9.97 Å². The van der Waals surface area contributed by atoms with Crippen LogP contribution in [0.3, 0.4) is 0 Å². The lowest BCUT2D eigenvalue weighted by molar-refractivity contribution is 0.0987. The lowest BCUT2D eigenvalue weighted by atomic mass is 9.97. The minimum absolute atomic E-state index is 0.0331. The zero-order valence-electron chi connectivity index (χ0n) is 25.1. The van der Waals surface area contributed by atoms with Gasteiger partial charge in [0.2, 0.25) is 0 Å². The van der Waals surface area contributed by atoms with Crippen LogP contribution in [0.2, 0.25) is 0 Å². The largest absolute Gasteiger partial charge is 0.364 e. The van der Waals surface area contributed by atoms with E-state index in [2.05, 4.69) is 16.0 Å². The summed E-state index contributed by atoms with van der Waals surface area (Å²) in [7, 11) is 0. The molecule has 0 spiro atoms. The van der Waals surface area contributed by atoms with Crippen LogP contribution in [0.4, 0.5) is 17.6 Å². The monoisotopic (exact) mass is 636 g/mol. The molecule has 0 bridgehead atoms. The molecule has 0 saturated heterocycles. The number of nitrogens with zero attached hydrogens (tertiary/aromatic N) is 2. The summed E-state index contributed by atoms with van der Waals surface area (Å²) in [5, 5.41) is 19.7. The third kappa shape index (κ3) is 5.76. The van der Waals surface area contributed by atoms with Crippen LogP contribution in [-0.2, 0) is 0 Å². The zero-order chi connectivity index (χ0) is 34.3. The van der Waals surface area contributed by atoms with Gasteiger partial charge in [-0.2, -0.15) is 10.5 Å². The number of benzene rings is 4. The minimum atomic E-state index is -1.58. The summed E-state index contributed by atoms with van der Waals surface area (Å²) in [4.78, 5) is 28.9. The highest BCUT2D eigenvalue weighted by atomic mass is 19.2. The van der Waals surface area contributed by atoms with E-state index in [1.807, 2.05) is 6.07 Å². The van der Waals surface area contributed by atoms with Crippen molar-refractivity contribution in [2.45, 2.75) is 20.8 Å². The van der Waals surface area contributed by atoms with E-state index in [0.717, 1.165) is 28.6 Å². The Labute approximate surface area is 264 Å². The van der Waals surface area contributed by atoms with E-state index >= 15 is 0 Å². The zero-order valence-corrected chi connectivity index (χ0v) is 25.1. The second-order valence-electron chi connectivity index (χ2n) is 10.8. The number of H-pyrrole nitrogens is 2. The number of nitrogens with one attached hydrogen (secondary N) is 2.